The Hall–Kier alpha value is -2.70. The third kappa shape index (κ3) is 3.86. The van der Waals surface area contributed by atoms with Crippen LogP contribution in [-0.4, -0.2) is 55.5 Å². The highest BCUT2D eigenvalue weighted by atomic mass is 16.2. The molecule has 1 atom stereocenters. The van der Waals surface area contributed by atoms with Crippen molar-refractivity contribution in [2.45, 2.75) is 38.3 Å². The van der Waals surface area contributed by atoms with Gasteiger partial charge in [0.2, 0.25) is 5.91 Å². The highest BCUT2D eigenvalue weighted by Crippen LogP contribution is 2.31. The molecule has 1 fully saturated rings. The molecule has 1 unspecified atom stereocenters. The number of hydrogen-bond donors (Lipinski definition) is 1. The zero-order valence-electron chi connectivity index (χ0n) is 15.5. The number of likely N-dealkylation sites (N-methyl/N-ethyl adjacent to an activating group) is 1. The van der Waals surface area contributed by atoms with Crippen molar-refractivity contribution >= 4 is 30.1 Å². The van der Waals surface area contributed by atoms with Gasteiger partial charge in [-0.25, -0.2) is 0 Å². The van der Waals surface area contributed by atoms with E-state index in [4.69, 9.17) is 0 Å². The number of carbonyl (C=O) groups excluding carboxylic acids is 4. The van der Waals surface area contributed by atoms with Gasteiger partial charge in [-0.2, -0.15) is 0 Å². The fourth-order valence-corrected chi connectivity index (χ4v) is 3.89. The third-order valence-electron chi connectivity index (χ3n) is 5.50. The van der Waals surface area contributed by atoms with E-state index in [1.165, 1.54) is 7.05 Å². The van der Waals surface area contributed by atoms with Crippen molar-refractivity contribution in [1.29, 1.82) is 0 Å². The number of fused-ring (bicyclic) bond motifs is 1. The average Bonchev–Trinajstić information content (AvgIpc) is 3.04. The number of nitrogens with one attached hydrogen (secondary N) is 1. The van der Waals surface area contributed by atoms with Crippen LogP contribution in [0.15, 0.2) is 18.2 Å². The Balaban J connectivity index is 1.77. The second kappa shape index (κ2) is 8.33. The quantitative estimate of drug-likeness (QED) is 0.727. The van der Waals surface area contributed by atoms with E-state index in [1.807, 2.05) is 18.2 Å². The van der Waals surface area contributed by atoms with Crippen LogP contribution in [0, 0.1) is 5.92 Å². The van der Waals surface area contributed by atoms with Gasteiger partial charge >= 0.3 is 0 Å². The first-order chi connectivity index (χ1) is 13.1. The smallest absolute Gasteiger partial charge is 0.255 e. The van der Waals surface area contributed by atoms with Crippen molar-refractivity contribution in [3.05, 3.63) is 29.3 Å². The minimum atomic E-state index is -0.646. The Morgan fingerprint density at radius 2 is 2.04 bits per heavy atom. The summed E-state index contributed by atoms with van der Waals surface area (Å²) in [5, 5.41) is 2.59. The lowest BCUT2D eigenvalue weighted by molar-refractivity contribution is -0.125. The van der Waals surface area contributed by atoms with Gasteiger partial charge in [-0.3, -0.25) is 9.59 Å². The molecule has 0 aromatic heterocycles. The summed E-state index contributed by atoms with van der Waals surface area (Å²) in [4.78, 5) is 50.5. The summed E-state index contributed by atoms with van der Waals surface area (Å²) >= 11 is 0. The van der Waals surface area contributed by atoms with Gasteiger partial charge in [0.15, 0.2) is 0 Å². The van der Waals surface area contributed by atoms with Crippen LogP contribution in [0.2, 0.25) is 0 Å². The predicted molar refractivity (Wildman–Crippen MR) is 100 cm³/mol. The molecule has 2 aliphatic heterocycles. The monoisotopic (exact) mass is 371 g/mol. The molecule has 1 N–H and O–H groups in total. The Labute approximate surface area is 158 Å². The predicted octanol–water partition coefficient (Wildman–Crippen LogP) is 1.15. The summed E-state index contributed by atoms with van der Waals surface area (Å²) < 4.78 is 0. The van der Waals surface area contributed by atoms with Gasteiger partial charge in [0.05, 0.1) is 0 Å². The number of amides is 2. The number of piperidine rings is 1. The Morgan fingerprint density at radius 3 is 2.67 bits per heavy atom. The Bertz CT molecular complexity index is 741. The van der Waals surface area contributed by atoms with Gasteiger partial charge in [0.1, 0.15) is 18.6 Å². The summed E-state index contributed by atoms with van der Waals surface area (Å²) in [6, 6.07) is 5.11. The van der Waals surface area contributed by atoms with E-state index in [9.17, 15) is 19.2 Å². The third-order valence-corrected chi connectivity index (χ3v) is 5.50. The van der Waals surface area contributed by atoms with E-state index >= 15 is 0 Å². The first-order valence-corrected chi connectivity index (χ1v) is 9.38. The van der Waals surface area contributed by atoms with E-state index in [0.29, 0.717) is 18.5 Å². The molecule has 0 spiro atoms. The summed E-state index contributed by atoms with van der Waals surface area (Å²) in [7, 11) is 1.53. The fourth-order valence-electron chi connectivity index (χ4n) is 3.89. The van der Waals surface area contributed by atoms with Crippen LogP contribution in [-0.2, 0) is 20.9 Å². The molecule has 144 valence electrons. The van der Waals surface area contributed by atoms with Gasteiger partial charge in [0, 0.05) is 50.3 Å². The van der Waals surface area contributed by atoms with Crippen molar-refractivity contribution < 1.29 is 19.2 Å². The summed E-state index contributed by atoms with van der Waals surface area (Å²) in [6.45, 7) is 2.00. The normalized spacial score (nSPS) is 18.2. The van der Waals surface area contributed by atoms with Crippen LogP contribution in [0.5, 0.6) is 0 Å². The lowest BCUT2D eigenvalue weighted by atomic mass is 9.97. The van der Waals surface area contributed by atoms with Crippen molar-refractivity contribution in [2.24, 2.45) is 5.92 Å². The zero-order valence-corrected chi connectivity index (χ0v) is 15.5. The molecule has 27 heavy (non-hydrogen) atoms. The van der Waals surface area contributed by atoms with E-state index in [-0.39, 0.29) is 24.2 Å². The number of nitrogens with zero attached hydrogens (tertiary/aromatic N) is 2. The molecule has 1 aromatic carbocycles. The van der Waals surface area contributed by atoms with Gasteiger partial charge in [-0.1, -0.05) is 0 Å². The molecule has 0 saturated carbocycles. The summed E-state index contributed by atoms with van der Waals surface area (Å²) in [5.41, 5.74) is 2.55. The van der Waals surface area contributed by atoms with Gasteiger partial charge in [0.25, 0.3) is 5.91 Å². The number of hydrogen-bond acceptors (Lipinski definition) is 5. The van der Waals surface area contributed by atoms with E-state index in [2.05, 4.69) is 10.2 Å². The fraction of sp³-hybridized carbons (Fsp3) is 0.500. The molecule has 2 aliphatic rings. The minimum absolute atomic E-state index is 0.138. The van der Waals surface area contributed by atoms with Crippen LogP contribution < -0.4 is 10.2 Å². The van der Waals surface area contributed by atoms with Gasteiger partial charge < -0.3 is 24.7 Å². The highest BCUT2D eigenvalue weighted by Gasteiger charge is 2.36. The molecule has 0 aliphatic carbocycles. The standard InChI is InChI=1S/C20H25N3O4/c1-21-19(26)18(3-2-10-24)23-12-15-11-16(4-5-17(15)20(23)27)22-8-6-14(13-25)7-9-22/h4-5,10-11,13-14,18H,2-3,6-9,12H2,1H3,(H,21,26). The molecule has 0 bridgehead atoms. The zero-order chi connectivity index (χ0) is 19.4. The molecule has 3 rings (SSSR count). The largest absolute Gasteiger partial charge is 0.371 e. The van der Waals surface area contributed by atoms with Gasteiger partial charge in [-0.15, -0.1) is 0 Å². The van der Waals surface area contributed by atoms with Crippen LogP contribution in [0.3, 0.4) is 0 Å². The maximum absolute atomic E-state index is 12.8. The van der Waals surface area contributed by atoms with E-state index in [0.717, 1.165) is 49.8 Å². The maximum Gasteiger partial charge on any atom is 0.255 e. The second-order valence-corrected chi connectivity index (χ2v) is 7.11. The van der Waals surface area contributed by atoms with Crippen LogP contribution in [0.4, 0.5) is 5.69 Å². The molecular weight excluding hydrogens is 346 g/mol. The van der Waals surface area contributed by atoms with Crippen LogP contribution in [0.25, 0.3) is 0 Å². The molecule has 7 heteroatoms. The average molecular weight is 371 g/mol. The van der Waals surface area contributed by atoms with Gasteiger partial charge in [-0.05, 0) is 43.0 Å². The first kappa shape index (κ1) is 19.1. The number of benzene rings is 1. The molecule has 7 nitrogen and oxygen atoms in total. The lowest BCUT2D eigenvalue weighted by Crippen LogP contribution is -2.46. The van der Waals surface area contributed by atoms with Crippen molar-refractivity contribution in [3.8, 4) is 0 Å². The molecule has 2 amide bonds. The summed E-state index contributed by atoms with van der Waals surface area (Å²) in [5.74, 6) is -0.288. The summed E-state index contributed by atoms with van der Waals surface area (Å²) in [6.07, 6.45) is 4.04. The Kier molecular flexibility index (Phi) is 5.88. The van der Waals surface area contributed by atoms with Crippen molar-refractivity contribution in [3.63, 3.8) is 0 Å². The lowest BCUT2D eigenvalue weighted by Gasteiger charge is -2.31. The van der Waals surface area contributed by atoms with E-state index < -0.39 is 6.04 Å². The topological polar surface area (TPSA) is 86.8 Å². The van der Waals surface area contributed by atoms with Crippen LogP contribution in [0.1, 0.15) is 41.6 Å². The number of anilines is 1. The SMILES string of the molecule is CNC(=O)C(CCC=O)N1Cc2cc(N3CCC(C=O)CC3)ccc2C1=O. The Morgan fingerprint density at radius 1 is 1.30 bits per heavy atom. The molecule has 1 saturated heterocycles. The van der Waals surface area contributed by atoms with E-state index in [1.54, 1.807) is 4.90 Å². The van der Waals surface area contributed by atoms with Crippen molar-refractivity contribution in [1.82, 2.24) is 10.2 Å². The number of carbonyl (C=O) groups is 4. The number of rotatable bonds is 7. The molecule has 1 aromatic rings. The molecular formula is C20H25N3O4. The van der Waals surface area contributed by atoms with Crippen LogP contribution >= 0.6 is 0 Å². The first-order valence-electron chi connectivity index (χ1n) is 9.38. The maximum atomic E-state index is 12.8. The molecule has 2 heterocycles. The molecule has 0 radical (unpaired) electrons. The minimum Gasteiger partial charge on any atom is -0.371 e. The highest BCUT2D eigenvalue weighted by molar-refractivity contribution is 6.01. The van der Waals surface area contributed by atoms with Crippen molar-refractivity contribution in [2.75, 3.05) is 25.0 Å². The number of aldehydes is 2. The second-order valence-electron chi connectivity index (χ2n) is 7.11.